The Morgan fingerprint density at radius 1 is 1.10 bits per heavy atom. The fourth-order valence-corrected chi connectivity index (χ4v) is 4.25. The molecule has 2 aromatic rings. The van der Waals surface area contributed by atoms with E-state index in [-0.39, 0.29) is 29.9 Å². The van der Waals surface area contributed by atoms with Gasteiger partial charge in [-0.3, -0.25) is 4.79 Å². The van der Waals surface area contributed by atoms with Gasteiger partial charge in [-0.15, -0.1) is 11.8 Å². The average molecular weight is 437 g/mol. The van der Waals surface area contributed by atoms with Crippen LogP contribution in [0.4, 0.5) is 5.69 Å². The van der Waals surface area contributed by atoms with E-state index in [9.17, 15) is 13.2 Å². The Morgan fingerprint density at radius 3 is 2.34 bits per heavy atom. The molecule has 0 fully saturated rings. The van der Waals surface area contributed by atoms with Gasteiger partial charge in [0.1, 0.15) is 12.4 Å². The Labute approximate surface area is 177 Å². The maximum Gasteiger partial charge on any atom is 0.240 e. The Kier molecular flexibility index (Phi) is 8.13. The fraction of sp³-hybridized carbons (Fsp3) is 0.381. The number of anilines is 1. The van der Waals surface area contributed by atoms with Crippen LogP contribution in [0.15, 0.2) is 46.2 Å². The molecule has 0 bridgehead atoms. The lowest BCUT2D eigenvalue weighted by molar-refractivity contribution is -0.118. The molecule has 0 aromatic heterocycles. The van der Waals surface area contributed by atoms with Crippen molar-refractivity contribution < 1.29 is 17.9 Å². The molecule has 0 aliphatic carbocycles. The molecule has 6 nitrogen and oxygen atoms in total. The van der Waals surface area contributed by atoms with E-state index in [0.717, 1.165) is 16.0 Å². The van der Waals surface area contributed by atoms with Crippen LogP contribution in [-0.4, -0.2) is 33.7 Å². The van der Waals surface area contributed by atoms with Gasteiger partial charge in [-0.2, -0.15) is 0 Å². The Hall–Kier alpha value is -2.03. The minimum Gasteiger partial charge on any atom is -0.492 e. The second kappa shape index (κ2) is 10.1. The monoisotopic (exact) mass is 436 g/mol. The van der Waals surface area contributed by atoms with Gasteiger partial charge in [0.15, 0.2) is 0 Å². The maximum atomic E-state index is 12.6. The van der Waals surface area contributed by atoms with Gasteiger partial charge < -0.3 is 10.1 Å². The Morgan fingerprint density at radius 2 is 1.76 bits per heavy atom. The molecule has 0 aliphatic rings. The van der Waals surface area contributed by atoms with E-state index in [0.29, 0.717) is 11.4 Å². The molecular weight excluding hydrogens is 408 g/mol. The van der Waals surface area contributed by atoms with Gasteiger partial charge in [-0.05, 0) is 61.6 Å². The third kappa shape index (κ3) is 6.76. The normalized spacial score (nSPS) is 11.5. The number of rotatable bonds is 9. The van der Waals surface area contributed by atoms with Crippen molar-refractivity contribution in [2.75, 3.05) is 24.7 Å². The molecule has 29 heavy (non-hydrogen) atoms. The maximum absolute atomic E-state index is 12.6. The molecule has 1 amide bonds. The summed E-state index contributed by atoms with van der Waals surface area (Å²) >= 11 is 1.44. The van der Waals surface area contributed by atoms with Crippen molar-refractivity contribution in [2.24, 2.45) is 5.92 Å². The van der Waals surface area contributed by atoms with E-state index in [2.05, 4.69) is 10.0 Å². The third-order valence-corrected chi connectivity index (χ3v) is 6.38. The van der Waals surface area contributed by atoms with E-state index in [1.165, 1.54) is 23.9 Å². The average Bonchev–Trinajstić information content (AvgIpc) is 2.64. The molecule has 0 aliphatic heterocycles. The van der Waals surface area contributed by atoms with Crippen molar-refractivity contribution in [1.29, 1.82) is 0 Å². The van der Waals surface area contributed by atoms with Crippen LogP contribution in [0, 0.1) is 19.8 Å². The molecule has 0 saturated heterocycles. The summed E-state index contributed by atoms with van der Waals surface area (Å²) in [4.78, 5) is 12.9. The number of hydrogen-bond acceptors (Lipinski definition) is 5. The van der Waals surface area contributed by atoms with Crippen molar-refractivity contribution in [1.82, 2.24) is 4.72 Å². The number of aryl methyl sites for hydroxylation is 2. The molecule has 0 atom stereocenters. The summed E-state index contributed by atoms with van der Waals surface area (Å²) in [5, 5.41) is 2.80. The van der Waals surface area contributed by atoms with E-state index < -0.39 is 10.0 Å². The highest BCUT2D eigenvalue weighted by Crippen LogP contribution is 2.28. The highest BCUT2D eigenvalue weighted by molar-refractivity contribution is 7.98. The van der Waals surface area contributed by atoms with Crippen molar-refractivity contribution in [3.05, 3.63) is 47.5 Å². The second-order valence-corrected chi connectivity index (χ2v) is 9.69. The number of carbonyl (C=O) groups is 1. The van der Waals surface area contributed by atoms with Gasteiger partial charge in [-0.1, -0.05) is 19.9 Å². The zero-order valence-corrected chi connectivity index (χ0v) is 19.0. The number of sulfonamides is 1. The van der Waals surface area contributed by atoms with Gasteiger partial charge in [-0.25, -0.2) is 13.1 Å². The van der Waals surface area contributed by atoms with E-state index in [1.807, 2.05) is 38.3 Å². The summed E-state index contributed by atoms with van der Waals surface area (Å²) in [5.41, 5.74) is 2.67. The zero-order valence-electron chi connectivity index (χ0n) is 17.4. The van der Waals surface area contributed by atoms with Crippen LogP contribution >= 0.6 is 11.8 Å². The lowest BCUT2D eigenvalue weighted by Crippen LogP contribution is -2.28. The van der Waals surface area contributed by atoms with Crippen LogP contribution in [-0.2, 0) is 14.8 Å². The number of amides is 1. The first-order chi connectivity index (χ1) is 13.6. The van der Waals surface area contributed by atoms with E-state index in [4.69, 9.17) is 4.74 Å². The summed E-state index contributed by atoms with van der Waals surface area (Å²) in [6, 6.07) is 10.6. The largest absolute Gasteiger partial charge is 0.492 e. The van der Waals surface area contributed by atoms with E-state index in [1.54, 1.807) is 19.9 Å². The lowest BCUT2D eigenvalue weighted by atomic mass is 10.1. The van der Waals surface area contributed by atoms with Crippen molar-refractivity contribution in [3.63, 3.8) is 0 Å². The van der Waals surface area contributed by atoms with Gasteiger partial charge in [0, 0.05) is 17.4 Å². The van der Waals surface area contributed by atoms with Crippen LogP contribution in [0.2, 0.25) is 0 Å². The number of ether oxygens (including phenoxy) is 1. The number of hydrogen-bond donors (Lipinski definition) is 2. The van der Waals surface area contributed by atoms with Gasteiger partial charge >= 0.3 is 0 Å². The molecular formula is C21H28N2O4S2. The van der Waals surface area contributed by atoms with Crippen LogP contribution in [0.3, 0.4) is 0 Å². The second-order valence-electron chi connectivity index (χ2n) is 7.08. The van der Waals surface area contributed by atoms with Gasteiger partial charge in [0.25, 0.3) is 0 Å². The molecule has 8 heteroatoms. The van der Waals surface area contributed by atoms with E-state index >= 15 is 0 Å². The van der Waals surface area contributed by atoms with Crippen LogP contribution in [0.5, 0.6) is 5.75 Å². The van der Waals surface area contributed by atoms with Gasteiger partial charge in [0.05, 0.1) is 10.6 Å². The predicted octanol–water partition coefficient (Wildman–Crippen LogP) is 3.98. The Bertz CT molecular complexity index is 952. The third-order valence-electron chi connectivity index (χ3n) is 4.12. The first-order valence-electron chi connectivity index (χ1n) is 9.32. The molecule has 2 rings (SSSR count). The summed E-state index contributed by atoms with van der Waals surface area (Å²) in [6.45, 7) is 7.88. The predicted molar refractivity (Wildman–Crippen MR) is 118 cm³/mol. The summed E-state index contributed by atoms with van der Waals surface area (Å²) in [5.74, 6) is 0.347. The summed E-state index contributed by atoms with van der Waals surface area (Å²) < 4.78 is 33.5. The zero-order chi connectivity index (χ0) is 21.6. The van der Waals surface area contributed by atoms with Gasteiger partial charge in [0.2, 0.25) is 15.9 Å². The smallest absolute Gasteiger partial charge is 0.240 e. The highest BCUT2D eigenvalue weighted by atomic mass is 32.2. The molecule has 0 heterocycles. The number of carbonyl (C=O) groups excluding carboxylic acids is 1. The topological polar surface area (TPSA) is 84.5 Å². The van der Waals surface area contributed by atoms with Crippen LogP contribution in [0.25, 0.3) is 0 Å². The first-order valence-corrected chi connectivity index (χ1v) is 12.0. The first kappa shape index (κ1) is 23.3. The van der Waals surface area contributed by atoms with Crippen molar-refractivity contribution in [3.8, 4) is 5.75 Å². The van der Waals surface area contributed by atoms with Crippen LogP contribution < -0.4 is 14.8 Å². The number of nitrogens with one attached hydrogen (secondary N) is 2. The van der Waals surface area contributed by atoms with Crippen molar-refractivity contribution in [2.45, 2.75) is 37.5 Å². The molecule has 0 unspecified atom stereocenters. The molecule has 2 N–H and O–H groups in total. The minimum absolute atomic E-state index is 0.0979. The molecule has 0 radical (unpaired) electrons. The summed E-state index contributed by atoms with van der Waals surface area (Å²) in [7, 11) is -3.73. The SMILES string of the molecule is CSc1ccc(S(=O)(=O)NCCOc2cc(C)cc(C)c2)cc1NC(=O)C(C)C. The summed E-state index contributed by atoms with van der Waals surface area (Å²) in [6.07, 6.45) is 1.87. The highest BCUT2D eigenvalue weighted by Gasteiger charge is 2.17. The quantitative estimate of drug-likeness (QED) is 0.459. The van der Waals surface area contributed by atoms with Crippen LogP contribution in [0.1, 0.15) is 25.0 Å². The standard InChI is InChI=1S/C21H28N2O4S2/c1-14(2)21(24)23-19-13-18(6-7-20(19)28-5)29(25,26)22-8-9-27-17-11-15(3)10-16(4)12-17/h6-7,10-14,22H,8-9H2,1-5H3,(H,23,24). The molecule has 0 saturated carbocycles. The number of benzene rings is 2. The molecule has 2 aromatic carbocycles. The minimum atomic E-state index is -3.73. The lowest BCUT2D eigenvalue weighted by Gasteiger charge is -2.14. The van der Waals surface area contributed by atoms with Crippen molar-refractivity contribution >= 4 is 33.4 Å². The Balaban J connectivity index is 2.05. The molecule has 158 valence electrons. The number of thioether (sulfide) groups is 1. The molecule has 0 spiro atoms. The fourth-order valence-electron chi connectivity index (χ4n) is 2.67.